The maximum Gasteiger partial charge on any atom is 0.0558 e. The molecule has 1 heterocycles. The van der Waals surface area contributed by atoms with Crippen molar-refractivity contribution in [1.29, 1.82) is 0 Å². The molecule has 1 fully saturated rings. The third-order valence-electron chi connectivity index (χ3n) is 2.58. The number of aliphatic hydroxyl groups is 1. The number of aliphatic hydroxyl groups excluding tert-OH is 1. The van der Waals surface area contributed by atoms with Crippen LogP contribution in [0.4, 0.5) is 0 Å². The van der Waals surface area contributed by atoms with Crippen LogP contribution in [0.15, 0.2) is 0 Å². The molecule has 2 nitrogen and oxygen atoms in total. The minimum Gasteiger partial charge on any atom is -0.395 e. The SMILES string of the molecule is C[C@H]1CCCCCN1CCO. The molecule has 1 atom stereocenters. The van der Waals surface area contributed by atoms with E-state index in [2.05, 4.69) is 11.8 Å². The molecular formula is C9H19NO. The van der Waals surface area contributed by atoms with Crippen molar-refractivity contribution in [3.63, 3.8) is 0 Å². The van der Waals surface area contributed by atoms with Gasteiger partial charge in [0.25, 0.3) is 0 Å². The van der Waals surface area contributed by atoms with Gasteiger partial charge in [0.2, 0.25) is 0 Å². The summed E-state index contributed by atoms with van der Waals surface area (Å²) >= 11 is 0. The Hall–Kier alpha value is -0.0800. The normalized spacial score (nSPS) is 28.4. The van der Waals surface area contributed by atoms with E-state index in [9.17, 15) is 0 Å². The van der Waals surface area contributed by atoms with E-state index in [1.165, 1.54) is 32.2 Å². The molecule has 11 heavy (non-hydrogen) atoms. The highest BCUT2D eigenvalue weighted by molar-refractivity contribution is 4.70. The molecule has 0 aromatic carbocycles. The molecule has 0 spiro atoms. The highest BCUT2D eigenvalue weighted by Crippen LogP contribution is 2.15. The zero-order valence-corrected chi connectivity index (χ0v) is 7.42. The van der Waals surface area contributed by atoms with Gasteiger partial charge >= 0.3 is 0 Å². The highest BCUT2D eigenvalue weighted by atomic mass is 16.3. The topological polar surface area (TPSA) is 23.5 Å². The van der Waals surface area contributed by atoms with Crippen molar-refractivity contribution in [3.8, 4) is 0 Å². The lowest BCUT2D eigenvalue weighted by Crippen LogP contribution is -2.34. The average molecular weight is 157 g/mol. The van der Waals surface area contributed by atoms with Crippen molar-refractivity contribution in [3.05, 3.63) is 0 Å². The van der Waals surface area contributed by atoms with Crippen molar-refractivity contribution >= 4 is 0 Å². The molecule has 1 rings (SSSR count). The first-order chi connectivity index (χ1) is 5.34. The fourth-order valence-corrected chi connectivity index (χ4v) is 1.80. The maximum atomic E-state index is 8.79. The van der Waals surface area contributed by atoms with Crippen molar-refractivity contribution < 1.29 is 5.11 Å². The molecule has 1 aliphatic heterocycles. The number of β-amino-alcohol motifs (C(OH)–C–C–N with tert-alkyl or cyclic N) is 1. The minimum absolute atomic E-state index is 0.310. The van der Waals surface area contributed by atoms with Gasteiger partial charge in [-0.1, -0.05) is 12.8 Å². The second-order valence-corrected chi connectivity index (χ2v) is 3.46. The Morgan fingerprint density at radius 3 is 2.91 bits per heavy atom. The standard InChI is InChI=1S/C9H19NO/c1-9-5-3-2-4-6-10(9)7-8-11/h9,11H,2-8H2,1H3/t9-/m0/s1. The number of hydrogen-bond donors (Lipinski definition) is 1. The molecule has 1 N–H and O–H groups in total. The second kappa shape index (κ2) is 4.73. The molecule has 0 aromatic rings. The van der Waals surface area contributed by atoms with Gasteiger partial charge in [0, 0.05) is 12.6 Å². The summed E-state index contributed by atoms with van der Waals surface area (Å²) in [6, 6.07) is 0.685. The first-order valence-electron chi connectivity index (χ1n) is 4.69. The molecule has 0 aliphatic carbocycles. The molecule has 0 amide bonds. The predicted octanol–water partition coefficient (Wildman–Crippen LogP) is 1.24. The third-order valence-corrected chi connectivity index (χ3v) is 2.58. The summed E-state index contributed by atoms with van der Waals surface area (Å²) in [6.45, 7) is 4.62. The van der Waals surface area contributed by atoms with Gasteiger partial charge in [0.05, 0.1) is 6.61 Å². The van der Waals surface area contributed by atoms with Crippen LogP contribution in [0.3, 0.4) is 0 Å². The third kappa shape index (κ3) is 2.80. The van der Waals surface area contributed by atoms with Crippen LogP contribution < -0.4 is 0 Å². The van der Waals surface area contributed by atoms with Gasteiger partial charge in [-0.15, -0.1) is 0 Å². The Morgan fingerprint density at radius 1 is 1.36 bits per heavy atom. The fraction of sp³-hybridized carbons (Fsp3) is 1.00. The summed E-state index contributed by atoms with van der Waals surface area (Å²) in [5.74, 6) is 0. The lowest BCUT2D eigenvalue weighted by atomic mass is 10.1. The summed E-state index contributed by atoms with van der Waals surface area (Å²) in [6.07, 6.45) is 5.35. The van der Waals surface area contributed by atoms with Crippen LogP contribution in [0, 0.1) is 0 Å². The monoisotopic (exact) mass is 157 g/mol. The summed E-state index contributed by atoms with van der Waals surface area (Å²) < 4.78 is 0. The van der Waals surface area contributed by atoms with Gasteiger partial charge in [-0.05, 0) is 26.3 Å². The van der Waals surface area contributed by atoms with E-state index in [-0.39, 0.29) is 0 Å². The molecular weight excluding hydrogens is 138 g/mol. The smallest absolute Gasteiger partial charge is 0.0558 e. The number of rotatable bonds is 2. The van der Waals surface area contributed by atoms with Gasteiger partial charge in [0.15, 0.2) is 0 Å². The Balaban J connectivity index is 2.32. The lowest BCUT2D eigenvalue weighted by molar-refractivity contribution is 0.161. The summed E-state index contributed by atoms with van der Waals surface area (Å²) in [4.78, 5) is 2.40. The lowest BCUT2D eigenvalue weighted by Gasteiger charge is -2.25. The Kier molecular flexibility index (Phi) is 3.87. The van der Waals surface area contributed by atoms with Gasteiger partial charge in [-0.2, -0.15) is 0 Å². The highest BCUT2D eigenvalue weighted by Gasteiger charge is 2.15. The zero-order chi connectivity index (χ0) is 8.10. The maximum absolute atomic E-state index is 8.79. The Morgan fingerprint density at radius 2 is 2.18 bits per heavy atom. The second-order valence-electron chi connectivity index (χ2n) is 3.46. The molecule has 0 bridgehead atoms. The van der Waals surface area contributed by atoms with Gasteiger partial charge in [0.1, 0.15) is 0 Å². The Labute approximate surface area is 69.2 Å². The van der Waals surface area contributed by atoms with Crippen molar-refractivity contribution in [1.82, 2.24) is 4.90 Å². The number of nitrogens with zero attached hydrogens (tertiary/aromatic N) is 1. The molecule has 0 radical (unpaired) electrons. The van der Waals surface area contributed by atoms with Crippen molar-refractivity contribution in [2.75, 3.05) is 19.7 Å². The predicted molar refractivity (Wildman–Crippen MR) is 46.6 cm³/mol. The summed E-state index contributed by atoms with van der Waals surface area (Å²) in [5.41, 5.74) is 0. The molecule has 0 aromatic heterocycles. The first kappa shape index (κ1) is 9.01. The van der Waals surface area contributed by atoms with E-state index in [1.807, 2.05) is 0 Å². The van der Waals surface area contributed by atoms with E-state index in [1.54, 1.807) is 0 Å². The van der Waals surface area contributed by atoms with Crippen LogP contribution in [0.25, 0.3) is 0 Å². The van der Waals surface area contributed by atoms with Crippen LogP contribution in [0.2, 0.25) is 0 Å². The van der Waals surface area contributed by atoms with Crippen molar-refractivity contribution in [2.45, 2.75) is 38.6 Å². The minimum atomic E-state index is 0.310. The average Bonchev–Trinajstić information content (AvgIpc) is 2.18. The molecule has 0 unspecified atom stereocenters. The summed E-state index contributed by atoms with van der Waals surface area (Å²) in [7, 11) is 0. The molecule has 1 saturated heterocycles. The fourth-order valence-electron chi connectivity index (χ4n) is 1.80. The zero-order valence-electron chi connectivity index (χ0n) is 7.42. The Bertz CT molecular complexity index is 106. The van der Waals surface area contributed by atoms with Gasteiger partial charge in [-0.3, -0.25) is 4.90 Å². The van der Waals surface area contributed by atoms with Crippen LogP contribution in [0.5, 0.6) is 0 Å². The van der Waals surface area contributed by atoms with E-state index < -0.39 is 0 Å². The van der Waals surface area contributed by atoms with E-state index in [4.69, 9.17) is 5.11 Å². The molecule has 66 valence electrons. The van der Waals surface area contributed by atoms with Crippen LogP contribution in [-0.2, 0) is 0 Å². The summed E-state index contributed by atoms with van der Waals surface area (Å²) in [5, 5.41) is 8.79. The number of hydrogen-bond acceptors (Lipinski definition) is 2. The largest absolute Gasteiger partial charge is 0.395 e. The number of likely N-dealkylation sites (tertiary alicyclic amines) is 1. The quantitative estimate of drug-likeness (QED) is 0.652. The first-order valence-corrected chi connectivity index (χ1v) is 4.69. The van der Waals surface area contributed by atoms with Crippen LogP contribution in [-0.4, -0.2) is 35.7 Å². The molecule has 2 heteroatoms. The van der Waals surface area contributed by atoms with E-state index in [0.29, 0.717) is 12.6 Å². The van der Waals surface area contributed by atoms with E-state index >= 15 is 0 Å². The van der Waals surface area contributed by atoms with Crippen LogP contribution in [0.1, 0.15) is 32.6 Å². The molecule has 1 aliphatic rings. The van der Waals surface area contributed by atoms with Crippen LogP contribution >= 0.6 is 0 Å². The van der Waals surface area contributed by atoms with Gasteiger partial charge in [-0.25, -0.2) is 0 Å². The van der Waals surface area contributed by atoms with Crippen molar-refractivity contribution in [2.24, 2.45) is 0 Å². The molecule has 0 saturated carbocycles. The van der Waals surface area contributed by atoms with Gasteiger partial charge < -0.3 is 5.11 Å². The van der Waals surface area contributed by atoms with E-state index in [0.717, 1.165) is 6.54 Å².